The van der Waals surface area contributed by atoms with E-state index in [1.54, 1.807) is 0 Å². The van der Waals surface area contributed by atoms with Crippen molar-refractivity contribution < 1.29 is 4.74 Å². The van der Waals surface area contributed by atoms with Crippen molar-refractivity contribution in [1.82, 2.24) is 0 Å². The van der Waals surface area contributed by atoms with Crippen LogP contribution in [0.2, 0.25) is 0 Å². The maximum Gasteiger partial charge on any atom is 0.127 e. The minimum absolute atomic E-state index is 0.523. The number of rotatable bonds is 7. The summed E-state index contributed by atoms with van der Waals surface area (Å²) in [5, 5.41) is 9.03. The highest BCUT2D eigenvalue weighted by molar-refractivity contribution is 5.72. The molecule has 1 unspecified atom stereocenters. The Morgan fingerprint density at radius 1 is 1.08 bits per heavy atom. The van der Waals surface area contributed by atoms with Crippen LogP contribution in [0.15, 0.2) is 42.5 Å². The first-order valence-electron chi connectivity index (χ1n) is 9.34. The summed E-state index contributed by atoms with van der Waals surface area (Å²) in [6.45, 7) is 7.64. The fourth-order valence-electron chi connectivity index (χ4n) is 3.27. The zero-order valence-corrected chi connectivity index (χ0v) is 15.5. The van der Waals surface area contributed by atoms with Crippen LogP contribution < -0.4 is 4.74 Å². The Kier molecular flexibility index (Phi) is 5.43. The van der Waals surface area contributed by atoms with E-state index in [0.29, 0.717) is 17.4 Å². The molecule has 1 saturated carbocycles. The smallest absolute Gasteiger partial charge is 0.127 e. The monoisotopic (exact) mass is 333 g/mol. The fraction of sp³-hybridized carbons (Fsp3) is 0.435. The van der Waals surface area contributed by atoms with Gasteiger partial charge in [-0.05, 0) is 72.4 Å². The van der Waals surface area contributed by atoms with Crippen LogP contribution in [0, 0.1) is 23.2 Å². The zero-order chi connectivity index (χ0) is 17.8. The van der Waals surface area contributed by atoms with Crippen molar-refractivity contribution in [1.29, 1.82) is 5.26 Å². The second-order valence-electron chi connectivity index (χ2n) is 7.73. The minimum atomic E-state index is 0.523. The first kappa shape index (κ1) is 17.5. The van der Waals surface area contributed by atoms with Gasteiger partial charge in [0.2, 0.25) is 0 Å². The third-order valence-electron chi connectivity index (χ3n) is 4.89. The Bertz CT molecular complexity index is 751. The molecule has 1 aliphatic carbocycles. The Labute approximate surface area is 151 Å². The molecule has 3 rings (SSSR count). The SMILES string of the molecule is CC(C)CC(C)c1ccc(OCC2CC2)c(-c2ccc(C#N)cc2)c1. The number of hydrogen-bond donors (Lipinski definition) is 0. The lowest BCUT2D eigenvalue weighted by Gasteiger charge is -2.18. The van der Waals surface area contributed by atoms with Crippen LogP contribution in [0.5, 0.6) is 5.75 Å². The molecule has 0 aromatic heterocycles. The van der Waals surface area contributed by atoms with Crippen LogP contribution in [-0.4, -0.2) is 6.61 Å². The Balaban J connectivity index is 1.92. The van der Waals surface area contributed by atoms with Gasteiger partial charge in [-0.3, -0.25) is 0 Å². The van der Waals surface area contributed by atoms with E-state index in [2.05, 4.69) is 45.0 Å². The molecule has 0 heterocycles. The van der Waals surface area contributed by atoms with E-state index in [1.165, 1.54) is 24.8 Å². The lowest BCUT2D eigenvalue weighted by atomic mass is 9.89. The van der Waals surface area contributed by atoms with E-state index in [-0.39, 0.29) is 0 Å². The molecule has 0 saturated heterocycles. The molecule has 0 bridgehead atoms. The zero-order valence-electron chi connectivity index (χ0n) is 15.5. The largest absolute Gasteiger partial charge is 0.493 e. The van der Waals surface area contributed by atoms with Crippen molar-refractivity contribution in [3.8, 4) is 22.9 Å². The molecule has 2 heteroatoms. The van der Waals surface area contributed by atoms with Gasteiger partial charge >= 0.3 is 0 Å². The summed E-state index contributed by atoms with van der Waals surface area (Å²) >= 11 is 0. The average molecular weight is 333 g/mol. The third kappa shape index (κ3) is 4.63. The second kappa shape index (κ2) is 7.74. The van der Waals surface area contributed by atoms with Crippen LogP contribution in [0.25, 0.3) is 11.1 Å². The molecule has 0 amide bonds. The van der Waals surface area contributed by atoms with Crippen LogP contribution in [0.1, 0.15) is 57.1 Å². The molecule has 130 valence electrons. The van der Waals surface area contributed by atoms with Gasteiger partial charge in [0.05, 0.1) is 18.2 Å². The van der Waals surface area contributed by atoms with Crippen molar-refractivity contribution in [2.24, 2.45) is 11.8 Å². The first-order valence-corrected chi connectivity index (χ1v) is 9.34. The molecule has 0 spiro atoms. The summed E-state index contributed by atoms with van der Waals surface area (Å²) in [6.07, 6.45) is 3.75. The quantitative estimate of drug-likeness (QED) is 0.607. The predicted octanol–water partition coefficient (Wildman–Crippen LogP) is 6.16. The lowest BCUT2D eigenvalue weighted by Crippen LogP contribution is -2.03. The van der Waals surface area contributed by atoms with E-state index >= 15 is 0 Å². The molecule has 1 aliphatic rings. The van der Waals surface area contributed by atoms with Gasteiger partial charge in [0.15, 0.2) is 0 Å². The average Bonchev–Trinajstić information content (AvgIpc) is 3.44. The van der Waals surface area contributed by atoms with Gasteiger partial charge in [-0.2, -0.15) is 5.26 Å². The van der Waals surface area contributed by atoms with Gasteiger partial charge in [0, 0.05) is 5.56 Å². The topological polar surface area (TPSA) is 33.0 Å². The standard InChI is InChI=1S/C23H27NO/c1-16(2)12-17(3)21-10-11-23(25-15-19-4-5-19)22(13-21)20-8-6-18(14-24)7-9-20/h6-11,13,16-17,19H,4-5,12,15H2,1-3H3. The molecule has 0 aliphatic heterocycles. The molecular weight excluding hydrogens is 306 g/mol. The minimum Gasteiger partial charge on any atom is -0.493 e. The molecule has 2 nitrogen and oxygen atoms in total. The van der Waals surface area contributed by atoms with Gasteiger partial charge in [-0.25, -0.2) is 0 Å². The number of benzene rings is 2. The summed E-state index contributed by atoms with van der Waals surface area (Å²) in [5.74, 6) is 2.89. The van der Waals surface area contributed by atoms with E-state index < -0.39 is 0 Å². The Morgan fingerprint density at radius 3 is 2.40 bits per heavy atom. The Morgan fingerprint density at radius 2 is 1.80 bits per heavy atom. The lowest BCUT2D eigenvalue weighted by molar-refractivity contribution is 0.301. The maximum absolute atomic E-state index is 9.03. The number of hydrogen-bond acceptors (Lipinski definition) is 2. The molecule has 1 fully saturated rings. The molecule has 2 aromatic carbocycles. The van der Waals surface area contributed by atoms with Crippen molar-refractivity contribution in [3.05, 3.63) is 53.6 Å². The van der Waals surface area contributed by atoms with E-state index in [0.717, 1.165) is 29.4 Å². The molecule has 0 radical (unpaired) electrons. The highest BCUT2D eigenvalue weighted by Crippen LogP contribution is 2.36. The van der Waals surface area contributed by atoms with E-state index in [9.17, 15) is 0 Å². The first-order chi connectivity index (χ1) is 12.1. The van der Waals surface area contributed by atoms with Crippen molar-refractivity contribution in [2.75, 3.05) is 6.61 Å². The molecule has 0 N–H and O–H groups in total. The van der Waals surface area contributed by atoms with Crippen molar-refractivity contribution in [3.63, 3.8) is 0 Å². The third-order valence-corrected chi connectivity index (χ3v) is 4.89. The highest BCUT2D eigenvalue weighted by atomic mass is 16.5. The van der Waals surface area contributed by atoms with Crippen LogP contribution in [0.3, 0.4) is 0 Å². The van der Waals surface area contributed by atoms with Gasteiger partial charge in [0.25, 0.3) is 0 Å². The van der Waals surface area contributed by atoms with Crippen LogP contribution in [0.4, 0.5) is 0 Å². The highest BCUT2D eigenvalue weighted by Gasteiger charge is 2.22. The van der Waals surface area contributed by atoms with Gasteiger partial charge in [0.1, 0.15) is 5.75 Å². The number of nitriles is 1. The van der Waals surface area contributed by atoms with Crippen molar-refractivity contribution >= 4 is 0 Å². The fourth-order valence-corrected chi connectivity index (χ4v) is 3.27. The van der Waals surface area contributed by atoms with Gasteiger partial charge in [-0.15, -0.1) is 0 Å². The van der Waals surface area contributed by atoms with Gasteiger partial charge in [-0.1, -0.05) is 39.0 Å². The summed E-state index contributed by atoms with van der Waals surface area (Å²) in [5.41, 5.74) is 4.29. The maximum atomic E-state index is 9.03. The summed E-state index contributed by atoms with van der Waals surface area (Å²) in [4.78, 5) is 0. The Hall–Kier alpha value is -2.27. The van der Waals surface area contributed by atoms with E-state index in [4.69, 9.17) is 10.00 Å². The predicted molar refractivity (Wildman–Crippen MR) is 103 cm³/mol. The van der Waals surface area contributed by atoms with Gasteiger partial charge < -0.3 is 4.74 Å². The molecule has 1 atom stereocenters. The van der Waals surface area contributed by atoms with Crippen LogP contribution >= 0.6 is 0 Å². The molecule has 25 heavy (non-hydrogen) atoms. The molecular formula is C23H27NO. The number of ether oxygens (including phenoxy) is 1. The summed E-state index contributed by atoms with van der Waals surface area (Å²) in [7, 11) is 0. The van der Waals surface area contributed by atoms with E-state index in [1.807, 2.05) is 24.3 Å². The normalized spacial score (nSPS) is 15.0. The molecule has 2 aromatic rings. The second-order valence-corrected chi connectivity index (χ2v) is 7.73. The van der Waals surface area contributed by atoms with Crippen molar-refractivity contribution in [2.45, 2.75) is 46.0 Å². The summed E-state index contributed by atoms with van der Waals surface area (Å²) < 4.78 is 6.12. The number of nitrogens with zero attached hydrogens (tertiary/aromatic N) is 1. The summed E-state index contributed by atoms with van der Waals surface area (Å²) in [6, 6.07) is 16.6. The van der Waals surface area contributed by atoms with Crippen LogP contribution in [-0.2, 0) is 0 Å².